The molecule has 4 nitrogen and oxygen atoms in total. The maximum atomic E-state index is 12.9. The third-order valence-corrected chi connectivity index (χ3v) is 6.59. The van der Waals surface area contributed by atoms with Gasteiger partial charge in [0.1, 0.15) is 0 Å². The lowest BCUT2D eigenvalue weighted by Crippen LogP contribution is -2.50. The zero-order valence-electron chi connectivity index (χ0n) is 15.8. The maximum absolute atomic E-state index is 12.9. The first-order valence-electron chi connectivity index (χ1n) is 9.13. The van der Waals surface area contributed by atoms with Gasteiger partial charge < -0.3 is 11.1 Å². The Balaban J connectivity index is 0.00000182. The molecule has 0 aliphatic heterocycles. The monoisotopic (exact) mass is 429 g/mol. The molecule has 0 bridgehead atoms. The number of nitrogens with zero attached hydrogens (tertiary/aromatic N) is 1. The molecule has 3 rings (SSSR count). The first kappa shape index (κ1) is 23.9. The highest BCUT2D eigenvalue weighted by atomic mass is 35.5. The van der Waals surface area contributed by atoms with Crippen LogP contribution in [0.25, 0.3) is 10.2 Å². The quantitative estimate of drug-likeness (QED) is 0.646. The van der Waals surface area contributed by atoms with Gasteiger partial charge in [-0.15, -0.1) is 36.2 Å². The number of nitrogens with two attached hydrogens (primary N) is 1. The van der Waals surface area contributed by atoms with Gasteiger partial charge in [0.2, 0.25) is 5.91 Å². The number of aromatic nitrogens is 1. The number of benzene rings is 1. The topological polar surface area (TPSA) is 68.0 Å². The molecule has 1 amide bonds. The summed E-state index contributed by atoms with van der Waals surface area (Å²) in [5.74, 6) is 0.187. The molecule has 2 atom stereocenters. The Kier molecular flexibility index (Phi) is 9.22. The van der Waals surface area contributed by atoms with Crippen molar-refractivity contribution in [3.63, 3.8) is 0 Å². The van der Waals surface area contributed by atoms with Crippen LogP contribution >= 0.6 is 36.2 Å². The summed E-state index contributed by atoms with van der Waals surface area (Å²) in [6.07, 6.45) is 7.63. The summed E-state index contributed by atoms with van der Waals surface area (Å²) < 4.78 is 1.18. The Hall–Kier alpha value is -1.14. The Morgan fingerprint density at radius 2 is 1.89 bits per heavy atom. The SMILES string of the molecule is CCC(N)(CC)CNC(=O)C1CC=CCC1c1nc2ccccc2s1.Cl.Cl. The molecular weight excluding hydrogens is 401 g/mol. The number of nitrogens with one attached hydrogen (secondary N) is 1. The highest BCUT2D eigenvalue weighted by Crippen LogP contribution is 2.38. The van der Waals surface area contributed by atoms with E-state index in [0.29, 0.717) is 6.54 Å². The van der Waals surface area contributed by atoms with Gasteiger partial charge in [0.15, 0.2) is 0 Å². The molecule has 7 heteroatoms. The minimum atomic E-state index is -0.314. The maximum Gasteiger partial charge on any atom is 0.224 e. The van der Waals surface area contributed by atoms with Gasteiger partial charge in [-0.1, -0.05) is 38.1 Å². The lowest BCUT2D eigenvalue weighted by Gasteiger charge is -2.30. The molecular formula is C20H29Cl2N3OS. The minimum absolute atomic E-state index is 0. The zero-order chi connectivity index (χ0) is 17.9. The summed E-state index contributed by atoms with van der Waals surface area (Å²) >= 11 is 1.71. The fourth-order valence-electron chi connectivity index (χ4n) is 3.32. The van der Waals surface area contributed by atoms with Crippen LogP contribution in [0.5, 0.6) is 0 Å². The second kappa shape index (κ2) is 10.4. The summed E-state index contributed by atoms with van der Waals surface area (Å²) in [6.45, 7) is 4.68. The molecule has 0 spiro atoms. The van der Waals surface area contributed by atoms with Gasteiger partial charge in [0, 0.05) is 18.0 Å². The Morgan fingerprint density at radius 3 is 2.56 bits per heavy atom. The van der Waals surface area contributed by atoms with Crippen molar-refractivity contribution in [3.05, 3.63) is 41.4 Å². The van der Waals surface area contributed by atoms with E-state index >= 15 is 0 Å². The highest BCUT2D eigenvalue weighted by Gasteiger charge is 2.33. The van der Waals surface area contributed by atoms with Gasteiger partial charge in [0.05, 0.1) is 21.1 Å². The second-order valence-corrected chi connectivity index (χ2v) is 8.03. The number of para-hydroxylation sites is 1. The molecule has 27 heavy (non-hydrogen) atoms. The normalized spacial score (nSPS) is 19.2. The average Bonchev–Trinajstić information content (AvgIpc) is 3.10. The summed E-state index contributed by atoms with van der Waals surface area (Å²) in [7, 11) is 0. The first-order chi connectivity index (χ1) is 12.1. The molecule has 0 saturated heterocycles. The van der Waals surface area contributed by atoms with Crippen LogP contribution < -0.4 is 11.1 Å². The van der Waals surface area contributed by atoms with Crippen molar-refractivity contribution in [2.75, 3.05) is 6.54 Å². The summed E-state index contributed by atoms with van der Waals surface area (Å²) in [6, 6.07) is 8.17. The van der Waals surface area contributed by atoms with Crippen molar-refractivity contribution in [3.8, 4) is 0 Å². The number of rotatable bonds is 6. The third kappa shape index (κ3) is 5.44. The van der Waals surface area contributed by atoms with Crippen molar-refractivity contribution < 1.29 is 4.79 Å². The lowest BCUT2D eigenvalue weighted by atomic mass is 9.82. The van der Waals surface area contributed by atoms with Gasteiger partial charge in [-0.25, -0.2) is 4.98 Å². The first-order valence-corrected chi connectivity index (χ1v) is 9.95. The standard InChI is InChI=1S/C20H27N3OS.2ClH/c1-3-20(21,4-2)13-22-18(24)14-9-5-6-10-15(14)19-23-16-11-7-8-12-17(16)25-19;;/h5-8,11-12,14-15H,3-4,9-10,13,21H2,1-2H3,(H,22,24);2*1H. The van der Waals surface area contributed by atoms with Crippen LogP contribution in [0.2, 0.25) is 0 Å². The molecule has 150 valence electrons. The molecule has 1 aliphatic carbocycles. The largest absolute Gasteiger partial charge is 0.354 e. The molecule has 1 heterocycles. The van der Waals surface area contributed by atoms with E-state index in [0.717, 1.165) is 36.2 Å². The molecule has 1 aromatic carbocycles. The molecule has 2 unspecified atom stereocenters. The smallest absolute Gasteiger partial charge is 0.224 e. The molecule has 0 saturated carbocycles. The van der Waals surface area contributed by atoms with Gasteiger partial charge in [-0.05, 0) is 37.8 Å². The van der Waals surface area contributed by atoms with Crippen molar-refractivity contribution in [1.29, 1.82) is 0 Å². The van der Waals surface area contributed by atoms with E-state index in [2.05, 4.69) is 37.4 Å². The molecule has 0 fully saturated rings. The minimum Gasteiger partial charge on any atom is -0.354 e. The number of fused-ring (bicyclic) bond motifs is 1. The van der Waals surface area contributed by atoms with E-state index in [1.807, 2.05) is 18.2 Å². The number of hydrogen-bond acceptors (Lipinski definition) is 4. The number of carbonyl (C=O) groups excluding carboxylic acids is 1. The van der Waals surface area contributed by atoms with Crippen LogP contribution in [0, 0.1) is 5.92 Å². The Bertz CT molecular complexity index is 740. The van der Waals surface area contributed by atoms with Crippen molar-refractivity contribution in [1.82, 2.24) is 10.3 Å². The van der Waals surface area contributed by atoms with E-state index in [9.17, 15) is 4.79 Å². The van der Waals surface area contributed by atoms with Crippen LogP contribution in [0.3, 0.4) is 0 Å². The number of allylic oxidation sites excluding steroid dienone is 2. The number of thiazole rings is 1. The van der Waals surface area contributed by atoms with Gasteiger partial charge >= 0.3 is 0 Å². The number of carbonyl (C=O) groups is 1. The van der Waals surface area contributed by atoms with Crippen LogP contribution in [0.15, 0.2) is 36.4 Å². The summed E-state index contributed by atoms with van der Waals surface area (Å²) in [5, 5.41) is 4.17. The molecule has 1 aromatic heterocycles. The molecule has 2 aromatic rings. The lowest BCUT2D eigenvalue weighted by molar-refractivity contribution is -0.126. The van der Waals surface area contributed by atoms with E-state index in [1.54, 1.807) is 11.3 Å². The molecule has 0 radical (unpaired) electrons. The average molecular weight is 430 g/mol. The van der Waals surface area contributed by atoms with E-state index in [1.165, 1.54) is 4.70 Å². The van der Waals surface area contributed by atoms with Crippen LogP contribution in [0.4, 0.5) is 0 Å². The van der Waals surface area contributed by atoms with E-state index < -0.39 is 0 Å². The summed E-state index contributed by atoms with van der Waals surface area (Å²) in [4.78, 5) is 17.6. The Labute approximate surface area is 177 Å². The second-order valence-electron chi connectivity index (χ2n) is 6.96. The van der Waals surface area contributed by atoms with Crippen LogP contribution in [0.1, 0.15) is 50.5 Å². The van der Waals surface area contributed by atoms with Crippen molar-refractivity contribution in [2.24, 2.45) is 11.7 Å². The predicted octanol–water partition coefficient (Wildman–Crippen LogP) is 4.82. The number of amides is 1. The highest BCUT2D eigenvalue weighted by molar-refractivity contribution is 7.18. The third-order valence-electron chi connectivity index (χ3n) is 5.42. The van der Waals surface area contributed by atoms with E-state index in [-0.39, 0.29) is 48.1 Å². The zero-order valence-corrected chi connectivity index (χ0v) is 18.3. The number of halogens is 2. The van der Waals surface area contributed by atoms with Crippen molar-refractivity contribution >= 4 is 52.3 Å². The molecule has 3 N–H and O–H groups in total. The van der Waals surface area contributed by atoms with Gasteiger partial charge in [-0.3, -0.25) is 4.79 Å². The Morgan fingerprint density at radius 1 is 1.22 bits per heavy atom. The van der Waals surface area contributed by atoms with E-state index in [4.69, 9.17) is 10.7 Å². The fourth-order valence-corrected chi connectivity index (χ4v) is 4.47. The van der Waals surface area contributed by atoms with Crippen LogP contribution in [-0.2, 0) is 4.79 Å². The predicted molar refractivity (Wildman–Crippen MR) is 119 cm³/mol. The summed E-state index contributed by atoms with van der Waals surface area (Å²) in [5.41, 5.74) is 7.04. The fraction of sp³-hybridized carbons (Fsp3) is 0.500. The van der Waals surface area contributed by atoms with Gasteiger partial charge in [0.25, 0.3) is 0 Å². The van der Waals surface area contributed by atoms with Crippen LogP contribution in [-0.4, -0.2) is 23.0 Å². The van der Waals surface area contributed by atoms with Gasteiger partial charge in [-0.2, -0.15) is 0 Å². The number of hydrogen-bond donors (Lipinski definition) is 2. The van der Waals surface area contributed by atoms with Crippen molar-refractivity contribution in [2.45, 2.75) is 51.0 Å². The molecule has 1 aliphatic rings.